The second-order valence-electron chi connectivity index (χ2n) is 5.54. The molecular weight excluding hydrogens is 390 g/mol. The Bertz CT molecular complexity index is 898. The van der Waals surface area contributed by atoms with Gasteiger partial charge in [-0.2, -0.15) is 0 Å². The second kappa shape index (κ2) is 7.65. The van der Waals surface area contributed by atoms with Crippen LogP contribution in [-0.2, 0) is 10.5 Å². The van der Waals surface area contributed by atoms with Crippen LogP contribution in [0.15, 0.2) is 46.1 Å². The molecule has 1 aliphatic rings. The average Bonchev–Trinajstić information content (AvgIpc) is 3.31. The third-order valence-corrected chi connectivity index (χ3v) is 6.74. The average molecular weight is 406 g/mol. The van der Waals surface area contributed by atoms with Crippen LogP contribution in [0.4, 0.5) is 5.13 Å². The number of hydrogen-bond acceptors (Lipinski definition) is 8. The molecule has 1 N–H and O–H groups in total. The van der Waals surface area contributed by atoms with Crippen LogP contribution in [-0.4, -0.2) is 28.3 Å². The molecule has 0 saturated heterocycles. The zero-order valence-corrected chi connectivity index (χ0v) is 16.2. The van der Waals surface area contributed by atoms with Crippen LogP contribution in [0.5, 0.6) is 11.5 Å². The number of carbonyl (C=O) groups is 1. The highest BCUT2D eigenvalue weighted by atomic mass is 32.2. The minimum absolute atomic E-state index is 0.294. The van der Waals surface area contributed by atoms with Crippen LogP contribution in [0.3, 0.4) is 0 Å². The number of anilines is 1. The molecule has 1 aliphatic heterocycles. The van der Waals surface area contributed by atoms with Gasteiger partial charge in [0.05, 0.1) is 0 Å². The number of benzene rings is 1. The predicted octanol–water partition coefficient (Wildman–Crippen LogP) is 4.06. The summed E-state index contributed by atoms with van der Waals surface area (Å²) >= 11 is 4.66. The van der Waals surface area contributed by atoms with Crippen molar-refractivity contribution in [2.45, 2.75) is 29.2 Å². The summed E-state index contributed by atoms with van der Waals surface area (Å²) in [5, 5.41) is 13.4. The van der Waals surface area contributed by atoms with E-state index >= 15 is 0 Å². The lowest BCUT2D eigenvalue weighted by atomic mass is 10.1. The number of thioether (sulfide) groups is 1. The van der Waals surface area contributed by atoms with E-state index in [0.29, 0.717) is 16.6 Å². The molecule has 9 heteroatoms. The van der Waals surface area contributed by atoms with E-state index in [1.54, 1.807) is 29.2 Å². The minimum Gasteiger partial charge on any atom is -0.482 e. The van der Waals surface area contributed by atoms with Gasteiger partial charge in [-0.05, 0) is 30.5 Å². The molecule has 3 heterocycles. The van der Waals surface area contributed by atoms with Crippen molar-refractivity contribution in [3.05, 3.63) is 46.7 Å². The molecule has 0 saturated carbocycles. The highest BCUT2D eigenvalue weighted by molar-refractivity contribution is 8.00. The second-order valence-corrected chi connectivity index (χ2v) is 8.77. The molecule has 6 nitrogen and oxygen atoms in total. The van der Waals surface area contributed by atoms with E-state index < -0.39 is 12.2 Å². The first-order valence-electron chi connectivity index (χ1n) is 7.91. The van der Waals surface area contributed by atoms with Crippen molar-refractivity contribution in [3.8, 4) is 11.5 Å². The highest BCUT2D eigenvalue weighted by Crippen LogP contribution is 2.34. The van der Waals surface area contributed by atoms with Crippen LogP contribution in [0.25, 0.3) is 0 Å². The predicted molar refractivity (Wildman–Crippen MR) is 103 cm³/mol. The minimum atomic E-state index is -0.740. The van der Waals surface area contributed by atoms with Crippen LogP contribution < -0.4 is 14.8 Å². The van der Waals surface area contributed by atoms with Gasteiger partial charge < -0.3 is 9.47 Å². The Morgan fingerprint density at radius 2 is 2.00 bits per heavy atom. The number of para-hydroxylation sites is 2. The summed E-state index contributed by atoms with van der Waals surface area (Å²) in [6.45, 7) is 1.81. The Kier molecular flexibility index (Phi) is 5.09. The SMILES string of the molecule is C[C@@H]1Oc2ccccc2O[C@@H]1C(=O)Nc1nnc(SCc2cccs2)s1. The van der Waals surface area contributed by atoms with E-state index in [4.69, 9.17) is 9.47 Å². The Morgan fingerprint density at radius 1 is 1.19 bits per heavy atom. The fourth-order valence-electron chi connectivity index (χ4n) is 2.43. The fourth-order valence-corrected chi connectivity index (χ4v) is 4.96. The molecule has 0 bridgehead atoms. The van der Waals surface area contributed by atoms with Crippen LogP contribution >= 0.6 is 34.4 Å². The van der Waals surface area contributed by atoms with Crippen molar-refractivity contribution in [2.24, 2.45) is 0 Å². The Labute approximate surface area is 162 Å². The van der Waals surface area contributed by atoms with Crippen molar-refractivity contribution >= 4 is 45.5 Å². The van der Waals surface area contributed by atoms with E-state index in [9.17, 15) is 4.79 Å². The van der Waals surface area contributed by atoms with Gasteiger partial charge in [0.15, 0.2) is 15.8 Å². The molecular formula is C17H15N3O3S3. The third kappa shape index (κ3) is 3.84. The lowest BCUT2D eigenvalue weighted by molar-refractivity contribution is -0.128. The number of nitrogens with zero attached hydrogens (tertiary/aromatic N) is 2. The van der Waals surface area contributed by atoms with Crippen molar-refractivity contribution < 1.29 is 14.3 Å². The Balaban J connectivity index is 1.37. The molecule has 3 aromatic rings. The zero-order chi connectivity index (χ0) is 17.9. The lowest BCUT2D eigenvalue weighted by Crippen LogP contribution is -2.46. The topological polar surface area (TPSA) is 73.3 Å². The molecule has 1 aromatic carbocycles. The first-order valence-corrected chi connectivity index (χ1v) is 10.6. The van der Waals surface area contributed by atoms with E-state index in [1.807, 2.05) is 36.6 Å². The molecule has 0 unspecified atom stereocenters. The highest BCUT2D eigenvalue weighted by Gasteiger charge is 2.34. The van der Waals surface area contributed by atoms with Crippen molar-refractivity contribution in [1.82, 2.24) is 10.2 Å². The quantitative estimate of drug-likeness (QED) is 0.510. The summed E-state index contributed by atoms with van der Waals surface area (Å²) in [6, 6.07) is 11.4. The van der Waals surface area contributed by atoms with Crippen LogP contribution in [0.1, 0.15) is 11.8 Å². The lowest BCUT2D eigenvalue weighted by Gasteiger charge is -2.30. The Hall–Kier alpha value is -2.10. The number of carbonyl (C=O) groups excluding carboxylic acids is 1. The molecule has 2 atom stereocenters. The van der Waals surface area contributed by atoms with Gasteiger partial charge in [0.1, 0.15) is 6.10 Å². The summed E-state index contributed by atoms with van der Waals surface area (Å²) in [4.78, 5) is 13.8. The monoisotopic (exact) mass is 405 g/mol. The van der Waals surface area contributed by atoms with Crippen molar-refractivity contribution in [2.75, 3.05) is 5.32 Å². The maximum Gasteiger partial charge on any atom is 0.271 e. The maximum atomic E-state index is 12.6. The molecule has 0 aliphatic carbocycles. The first kappa shape index (κ1) is 17.3. The number of thiophene rings is 1. The summed E-state index contributed by atoms with van der Waals surface area (Å²) in [5.41, 5.74) is 0. The molecule has 4 rings (SSSR count). The smallest absolute Gasteiger partial charge is 0.271 e. The number of hydrogen-bond donors (Lipinski definition) is 1. The van der Waals surface area contributed by atoms with Crippen molar-refractivity contribution in [1.29, 1.82) is 0 Å². The number of ether oxygens (including phenoxy) is 2. The summed E-state index contributed by atoms with van der Waals surface area (Å²) in [5.74, 6) is 1.76. The molecule has 0 spiro atoms. The number of amides is 1. The molecule has 2 aromatic heterocycles. The van der Waals surface area contributed by atoms with E-state index in [1.165, 1.54) is 16.2 Å². The number of fused-ring (bicyclic) bond motifs is 1. The maximum absolute atomic E-state index is 12.6. The van der Waals surface area contributed by atoms with Crippen LogP contribution in [0.2, 0.25) is 0 Å². The summed E-state index contributed by atoms with van der Waals surface area (Å²) < 4.78 is 12.4. The number of rotatable bonds is 5. The van der Waals surface area contributed by atoms with E-state index in [0.717, 1.165) is 10.1 Å². The standard InChI is InChI=1S/C17H15N3O3S3/c1-10-14(23-13-7-3-2-6-12(13)22-10)15(21)18-16-19-20-17(26-16)25-9-11-5-4-8-24-11/h2-8,10,14H,9H2,1H3,(H,18,19,21)/t10-,14-/m0/s1. The van der Waals surface area contributed by atoms with Crippen LogP contribution in [0, 0.1) is 0 Å². The normalized spacial score (nSPS) is 18.5. The van der Waals surface area contributed by atoms with Gasteiger partial charge in [0.2, 0.25) is 11.2 Å². The fraction of sp³-hybridized carbons (Fsp3) is 0.235. The molecule has 0 radical (unpaired) electrons. The van der Waals surface area contributed by atoms with Gasteiger partial charge >= 0.3 is 0 Å². The van der Waals surface area contributed by atoms with E-state index in [2.05, 4.69) is 21.6 Å². The molecule has 26 heavy (non-hydrogen) atoms. The third-order valence-electron chi connectivity index (χ3n) is 3.66. The number of aromatic nitrogens is 2. The van der Waals surface area contributed by atoms with Gasteiger partial charge in [-0.25, -0.2) is 0 Å². The Morgan fingerprint density at radius 3 is 2.77 bits per heavy atom. The van der Waals surface area contributed by atoms with Gasteiger partial charge in [0, 0.05) is 10.6 Å². The number of nitrogens with one attached hydrogen (secondary N) is 1. The van der Waals surface area contributed by atoms with Gasteiger partial charge in [-0.1, -0.05) is 41.3 Å². The molecule has 0 fully saturated rings. The summed E-state index contributed by atoms with van der Waals surface area (Å²) in [7, 11) is 0. The largest absolute Gasteiger partial charge is 0.482 e. The molecule has 1 amide bonds. The van der Waals surface area contributed by atoms with Gasteiger partial charge in [-0.3, -0.25) is 10.1 Å². The van der Waals surface area contributed by atoms with Crippen molar-refractivity contribution in [3.63, 3.8) is 0 Å². The molecule has 134 valence electrons. The van der Waals surface area contributed by atoms with Gasteiger partial charge in [-0.15, -0.1) is 21.5 Å². The summed E-state index contributed by atoms with van der Waals surface area (Å²) in [6.07, 6.45) is -1.14. The zero-order valence-electron chi connectivity index (χ0n) is 13.7. The van der Waals surface area contributed by atoms with E-state index in [-0.39, 0.29) is 5.91 Å². The first-order chi connectivity index (χ1) is 12.7. The van der Waals surface area contributed by atoms with Gasteiger partial charge in [0.25, 0.3) is 5.91 Å².